The maximum Gasteiger partial charge on any atom is 0.341 e. The molecule has 0 bridgehead atoms. The van der Waals surface area contributed by atoms with E-state index < -0.39 is 16.8 Å². The summed E-state index contributed by atoms with van der Waals surface area (Å²) in [4.78, 5) is 34.4. The van der Waals surface area contributed by atoms with Gasteiger partial charge >= 0.3 is 5.97 Å². The lowest BCUT2D eigenvalue weighted by molar-refractivity contribution is -0.384. The largest absolute Gasteiger partial charge is 0.496 e. The zero-order valence-corrected chi connectivity index (χ0v) is 15.1. The van der Waals surface area contributed by atoms with Crippen LogP contribution in [0.15, 0.2) is 30.3 Å². The molecule has 0 aliphatic carbocycles. The molecule has 0 unspecified atom stereocenters. The molecule has 0 spiro atoms. The molecule has 0 saturated heterocycles. The summed E-state index contributed by atoms with van der Waals surface area (Å²) >= 11 is 12.0. The van der Waals surface area contributed by atoms with E-state index in [1.807, 2.05) is 0 Å². The van der Waals surface area contributed by atoms with Gasteiger partial charge in [-0.05, 0) is 12.1 Å². The number of carbonyl (C=O) groups excluding carboxylic acids is 2. The van der Waals surface area contributed by atoms with Gasteiger partial charge in [-0.2, -0.15) is 0 Å². The number of anilines is 1. The molecular weight excluding hydrogens is 387 g/mol. The van der Waals surface area contributed by atoms with Crippen LogP contribution in [0, 0.1) is 10.1 Å². The Hall–Kier alpha value is -2.84. The van der Waals surface area contributed by atoms with E-state index in [9.17, 15) is 19.7 Å². The second kappa shape index (κ2) is 8.03. The molecule has 0 radical (unpaired) electrons. The van der Waals surface area contributed by atoms with Crippen molar-refractivity contribution in [3.05, 3.63) is 61.6 Å². The number of hydrogen-bond acceptors (Lipinski definition) is 6. The summed E-state index contributed by atoms with van der Waals surface area (Å²) in [7, 11) is 2.54. The number of nitro benzene ring substituents is 1. The van der Waals surface area contributed by atoms with Gasteiger partial charge in [-0.15, -0.1) is 0 Å². The number of halogens is 2. The molecule has 1 N–H and O–H groups in total. The van der Waals surface area contributed by atoms with Crippen LogP contribution in [0.25, 0.3) is 0 Å². The number of nitrogens with one attached hydrogen (secondary N) is 1. The number of esters is 1. The van der Waals surface area contributed by atoms with E-state index in [0.29, 0.717) is 0 Å². The minimum atomic E-state index is -0.714. The maximum absolute atomic E-state index is 12.4. The Morgan fingerprint density at radius 2 is 1.77 bits per heavy atom. The number of nitrogens with zero attached hydrogens (tertiary/aromatic N) is 1. The van der Waals surface area contributed by atoms with E-state index in [1.165, 1.54) is 38.5 Å². The number of ether oxygens (including phenoxy) is 2. The fourth-order valence-corrected chi connectivity index (χ4v) is 2.49. The standard InChI is InChI=1S/C16H12Cl2N2O6/c1-25-14-7-13(12(18)6-10(14)16(22)26-2)19-15(21)9-5-8(20(23)24)3-4-11(9)17/h3-7H,1-2H3,(H,19,21). The van der Waals surface area contributed by atoms with Crippen molar-refractivity contribution in [1.29, 1.82) is 0 Å². The van der Waals surface area contributed by atoms with Gasteiger partial charge in [-0.25, -0.2) is 4.79 Å². The molecular formula is C16H12Cl2N2O6. The molecule has 10 heteroatoms. The molecule has 0 atom stereocenters. The zero-order valence-electron chi connectivity index (χ0n) is 13.5. The van der Waals surface area contributed by atoms with Crippen LogP contribution in [0.5, 0.6) is 5.75 Å². The third-order valence-electron chi connectivity index (χ3n) is 3.35. The van der Waals surface area contributed by atoms with Crippen LogP contribution in [-0.2, 0) is 4.74 Å². The lowest BCUT2D eigenvalue weighted by Crippen LogP contribution is -2.14. The van der Waals surface area contributed by atoms with Gasteiger partial charge in [-0.3, -0.25) is 14.9 Å². The fraction of sp³-hybridized carbons (Fsp3) is 0.125. The van der Waals surface area contributed by atoms with Crippen LogP contribution in [-0.4, -0.2) is 31.0 Å². The number of non-ortho nitro benzene ring substituents is 1. The molecule has 0 saturated carbocycles. The summed E-state index contributed by atoms with van der Waals surface area (Å²) in [6, 6.07) is 6.08. The van der Waals surface area contributed by atoms with Gasteiger partial charge in [0.05, 0.1) is 40.4 Å². The van der Waals surface area contributed by atoms with Crippen molar-refractivity contribution < 1.29 is 24.0 Å². The van der Waals surface area contributed by atoms with E-state index >= 15 is 0 Å². The van der Waals surface area contributed by atoms with E-state index in [1.54, 1.807) is 0 Å². The van der Waals surface area contributed by atoms with Crippen LogP contribution in [0.3, 0.4) is 0 Å². The van der Waals surface area contributed by atoms with Crippen LogP contribution in [0.2, 0.25) is 10.0 Å². The monoisotopic (exact) mass is 398 g/mol. The number of methoxy groups -OCH3 is 2. The smallest absolute Gasteiger partial charge is 0.341 e. The van der Waals surface area contributed by atoms with Gasteiger partial charge in [0.15, 0.2) is 0 Å². The number of rotatable bonds is 5. The van der Waals surface area contributed by atoms with Crippen molar-refractivity contribution in [3.63, 3.8) is 0 Å². The zero-order chi connectivity index (χ0) is 19.4. The second-order valence-electron chi connectivity index (χ2n) is 4.90. The van der Waals surface area contributed by atoms with Gasteiger partial charge in [0.1, 0.15) is 11.3 Å². The average Bonchev–Trinajstić information content (AvgIpc) is 2.62. The molecule has 8 nitrogen and oxygen atoms in total. The Bertz CT molecular complexity index is 901. The summed E-state index contributed by atoms with van der Waals surface area (Å²) in [6.45, 7) is 0. The molecule has 1 amide bonds. The predicted molar refractivity (Wildman–Crippen MR) is 95.4 cm³/mol. The maximum atomic E-state index is 12.4. The molecule has 0 aliphatic rings. The van der Waals surface area contributed by atoms with Crippen molar-refractivity contribution in [1.82, 2.24) is 0 Å². The quantitative estimate of drug-likeness (QED) is 0.464. The van der Waals surface area contributed by atoms with E-state index in [2.05, 4.69) is 10.1 Å². The number of amides is 1. The first-order valence-corrected chi connectivity index (χ1v) is 7.75. The number of hydrogen-bond donors (Lipinski definition) is 1. The summed E-state index contributed by atoms with van der Waals surface area (Å²) in [6.07, 6.45) is 0. The minimum absolute atomic E-state index is 0.0300. The Kier molecular flexibility index (Phi) is 6.01. The first-order chi connectivity index (χ1) is 12.3. The molecule has 0 aliphatic heterocycles. The molecule has 2 aromatic rings. The minimum Gasteiger partial charge on any atom is -0.496 e. The Labute approximate surface area is 157 Å². The highest BCUT2D eigenvalue weighted by atomic mass is 35.5. The third-order valence-corrected chi connectivity index (χ3v) is 3.99. The van der Waals surface area contributed by atoms with Crippen molar-refractivity contribution in [2.24, 2.45) is 0 Å². The van der Waals surface area contributed by atoms with Gasteiger partial charge in [0.25, 0.3) is 11.6 Å². The SMILES string of the molecule is COC(=O)c1cc(Cl)c(NC(=O)c2cc([N+](=O)[O-])ccc2Cl)cc1OC. The van der Waals surface area contributed by atoms with Gasteiger partial charge < -0.3 is 14.8 Å². The lowest BCUT2D eigenvalue weighted by atomic mass is 10.1. The topological polar surface area (TPSA) is 108 Å². The van der Waals surface area contributed by atoms with Crippen molar-refractivity contribution in [3.8, 4) is 5.75 Å². The third kappa shape index (κ3) is 4.04. The van der Waals surface area contributed by atoms with Crippen LogP contribution in [0.1, 0.15) is 20.7 Å². The Balaban J connectivity index is 2.39. The van der Waals surface area contributed by atoms with Crippen LogP contribution < -0.4 is 10.1 Å². The average molecular weight is 399 g/mol. The first-order valence-electron chi connectivity index (χ1n) is 6.99. The number of nitro groups is 1. The summed E-state index contributed by atoms with van der Waals surface area (Å²) in [5.41, 5.74) is -0.188. The normalized spacial score (nSPS) is 10.2. The highest BCUT2D eigenvalue weighted by Crippen LogP contribution is 2.32. The summed E-state index contributed by atoms with van der Waals surface area (Å²) in [5.74, 6) is -1.25. The van der Waals surface area contributed by atoms with Crippen LogP contribution in [0.4, 0.5) is 11.4 Å². The number of carbonyl (C=O) groups is 2. The Morgan fingerprint density at radius 3 is 2.35 bits per heavy atom. The summed E-state index contributed by atoms with van der Waals surface area (Å²) < 4.78 is 9.73. The number of benzene rings is 2. The molecule has 136 valence electrons. The lowest BCUT2D eigenvalue weighted by Gasteiger charge is -2.13. The summed E-state index contributed by atoms with van der Waals surface area (Å²) in [5, 5.41) is 13.4. The van der Waals surface area contributed by atoms with Gasteiger partial charge in [0, 0.05) is 18.2 Å². The second-order valence-corrected chi connectivity index (χ2v) is 5.71. The van der Waals surface area contributed by atoms with Gasteiger partial charge in [-0.1, -0.05) is 23.2 Å². The van der Waals surface area contributed by atoms with E-state index in [-0.39, 0.29) is 38.3 Å². The highest BCUT2D eigenvalue weighted by molar-refractivity contribution is 6.36. The molecule has 0 aromatic heterocycles. The van der Waals surface area contributed by atoms with Crippen LogP contribution >= 0.6 is 23.2 Å². The van der Waals surface area contributed by atoms with Crippen molar-refractivity contribution in [2.75, 3.05) is 19.5 Å². The first kappa shape index (κ1) is 19.5. The molecule has 2 rings (SSSR count). The van der Waals surface area contributed by atoms with Crippen molar-refractivity contribution >= 4 is 46.5 Å². The Morgan fingerprint density at radius 1 is 1.08 bits per heavy atom. The molecule has 26 heavy (non-hydrogen) atoms. The van der Waals surface area contributed by atoms with Crippen molar-refractivity contribution in [2.45, 2.75) is 0 Å². The van der Waals surface area contributed by atoms with E-state index in [4.69, 9.17) is 27.9 Å². The molecule has 0 fully saturated rings. The van der Waals surface area contributed by atoms with E-state index in [0.717, 1.165) is 6.07 Å². The predicted octanol–water partition coefficient (Wildman–Crippen LogP) is 3.95. The molecule has 2 aromatic carbocycles. The molecule has 0 heterocycles. The fourth-order valence-electron chi connectivity index (χ4n) is 2.08. The highest BCUT2D eigenvalue weighted by Gasteiger charge is 2.20. The van der Waals surface area contributed by atoms with Gasteiger partial charge in [0.2, 0.25) is 0 Å².